The standard InChI is InChI=1S/C30H40FN7O3Si/c1-42(2,3)16-15-40-23-37-10-9-27-28(32-22-33-29(27)37)25-18-34-38(19-25)26(17-31)20-35-11-13-36(14-12-35)30(39)41-21-24-7-5-4-6-8-24/h4-10,18-19,22,26H,11-17,20-21,23H2,1-3H3. The van der Waals surface area contributed by atoms with Gasteiger partial charge in [-0.2, -0.15) is 5.10 Å². The first-order chi connectivity index (χ1) is 20.3. The molecule has 12 heteroatoms. The summed E-state index contributed by atoms with van der Waals surface area (Å²) >= 11 is 0. The number of benzene rings is 1. The third kappa shape index (κ3) is 7.61. The Morgan fingerprint density at radius 3 is 2.60 bits per heavy atom. The molecule has 42 heavy (non-hydrogen) atoms. The number of piperazine rings is 1. The van der Waals surface area contributed by atoms with Gasteiger partial charge in [-0.05, 0) is 17.7 Å². The first-order valence-electron chi connectivity index (χ1n) is 14.5. The number of rotatable bonds is 12. The largest absolute Gasteiger partial charge is 0.445 e. The number of halogens is 1. The fourth-order valence-electron chi connectivity index (χ4n) is 4.96. The minimum absolute atomic E-state index is 0.251. The molecule has 4 heterocycles. The van der Waals surface area contributed by atoms with E-state index in [0.29, 0.717) is 39.5 Å². The SMILES string of the molecule is C[Si](C)(C)CCOCn1ccc2c(-c3cnn(C(CF)CN4CCN(C(=O)OCc5ccccc5)CC4)c3)ncnc21. The monoisotopic (exact) mass is 593 g/mol. The summed E-state index contributed by atoms with van der Waals surface area (Å²) in [5.41, 5.74) is 3.32. The van der Waals surface area contributed by atoms with E-state index >= 15 is 0 Å². The Kier molecular flexibility index (Phi) is 9.65. The number of carbonyl (C=O) groups excluding carboxylic acids is 1. The molecule has 224 valence electrons. The number of hydrogen-bond donors (Lipinski definition) is 0. The lowest BCUT2D eigenvalue weighted by Crippen LogP contribution is -2.50. The molecule has 0 radical (unpaired) electrons. The van der Waals surface area contributed by atoms with Gasteiger partial charge >= 0.3 is 6.09 Å². The van der Waals surface area contributed by atoms with Crippen LogP contribution in [0.3, 0.4) is 0 Å². The van der Waals surface area contributed by atoms with Gasteiger partial charge in [0.05, 0.1) is 17.9 Å². The van der Waals surface area contributed by atoms with Gasteiger partial charge in [0.15, 0.2) is 0 Å². The van der Waals surface area contributed by atoms with Crippen molar-refractivity contribution >= 4 is 25.2 Å². The Morgan fingerprint density at radius 2 is 1.86 bits per heavy atom. The smallest absolute Gasteiger partial charge is 0.410 e. The van der Waals surface area contributed by atoms with Crippen molar-refractivity contribution in [2.45, 2.75) is 45.1 Å². The molecule has 0 bridgehead atoms. The molecule has 10 nitrogen and oxygen atoms in total. The molecule has 0 aliphatic carbocycles. The van der Waals surface area contributed by atoms with Crippen LogP contribution in [0, 0.1) is 0 Å². The summed E-state index contributed by atoms with van der Waals surface area (Å²) in [6.45, 7) is 10.7. The van der Waals surface area contributed by atoms with Gasteiger partial charge in [-0.15, -0.1) is 0 Å². The van der Waals surface area contributed by atoms with Crippen LogP contribution in [-0.2, 0) is 22.8 Å². The normalized spacial score (nSPS) is 15.3. The van der Waals surface area contributed by atoms with Gasteiger partial charge in [-0.1, -0.05) is 50.0 Å². The zero-order valence-electron chi connectivity index (χ0n) is 24.7. The fourth-order valence-corrected chi connectivity index (χ4v) is 5.72. The Labute approximate surface area is 247 Å². The van der Waals surface area contributed by atoms with Crippen LogP contribution >= 0.6 is 0 Å². The molecule has 1 fully saturated rings. The van der Waals surface area contributed by atoms with Crippen molar-refractivity contribution in [2.24, 2.45) is 0 Å². The van der Waals surface area contributed by atoms with Crippen LogP contribution in [0.2, 0.25) is 25.7 Å². The Hall–Kier alpha value is -3.61. The number of amides is 1. The second-order valence-corrected chi connectivity index (χ2v) is 17.6. The van der Waals surface area contributed by atoms with Crippen molar-refractivity contribution in [3.05, 3.63) is 66.9 Å². The Bertz CT molecular complexity index is 1450. The van der Waals surface area contributed by atoms with E-state index in [-0.39, 0.29) is 12.7 Å². The summed E-state index contributed by atoms with van der Waals surface area (Å²) in [6, 6.07) is 12.3. The minimum atomic E-state index is -1.15. The predicted octanol–water partition coefficient (Wildman–Crippen LogP) is 5.07. The molecule has 1 aliphatic rings. The highest BCUT2D eigenvalue weighted by Gasteiger charge is 2.25. The van der Waals surface area contributed by atoms with Gasteiger partial charge in [0, 0.05) is 70.7 Å². The van der Waals surface area contributed by atoms with Crippen molar-refractivity contribution in [3.8, 4) is 11.3 Å². The van der Waals surface area contributed by atoms with E-state index in [9.17, 15) is 9.18 Å². The van der Waals surface area contributed by atoms with Crippen molar-refractivity contribution < 1.29 is 18.7 Å². The second kappa shape index (κ2) is 13.6. The summed E-state index contributed by atoms with van der Waals surface area (Å²) < 4.78 is 29.3. The van der Waals surface area contributed by atoms with Gasteiger partial charge in [0.25, 0.3) is 0 Å². The van der Waals surface area contributed by atoms with Crippen molar-refractivity contribution in [1.29, 1.82) is 0 Å². The molecule has 0 N–H and O–H groups in total. The van der Waals surface area contributed by atoms with Crippen LogP contribution in [0.5, 0.6) is 0 Å². The molecule has 5 rings (SSSR count). The molecule has 1 saturated heterocycles. The van der Waals surface area contributed by atoms with Gasteiger partial charge < -0.3 is 18.9 Å². The number of ether oxygens (including phenoxy) is 2. The van der Waals surface area contributed by atoms with Gasteiger partial charge in [-0.3, -0.25) is 9.58 Å². The first kappa shape index (κ1) is 29.9. The summed E-state index contributed by atoms with van der Waals surface area (Å²) in [6.07, 6.45) is 6.77. The number of nitrogens with zero attached hydrogens (tertiary/aromatic N) is 7. The number of aromatic nitrogens is 5. The van der Waals surface area contributed by atoms with Crippen molar-refractivity contribution in [3.63, 3.8) is 0 Å². The third-order valence-corrected chi connectivity index (χ3v) is 9.22. The Balaban J connectivity index is 1.16. The number of carbonyl (C=O) groups is 1. The van der Waals surface area contributed by atoms with E-state index in [1.807, 2.05) is 53.4 Å². The topological polar surface area (TPSA) is 90.5 Å². The van der Waals surface area contributed by atoms with Crippen LogP contribution in [0.4, 0.5) is 9.18 Å². The minimum Gasteiger partial charge on any atom is -0.445 e. The van der Waals surface area contributed by atoms with Crippen LogP contribution < -0.4 is 0 Å². The zero-order chi connectivity index (χ0) is 29.5. The molecule has 0 spiro atoms. The van der Waals surface area contributed by atoms with E-state index in [2.05, 4.69) is 39.6 Å². The lowest BCUT2D eigenvalue weighted by molar-refractivity contribution is 0.0664. The maximum Gasteiger partial charge on any atom is 0.410 e. The molecule has 1 aromatic carbocycles. The molecule has 1 aliphatic heterocycles. The molecule has 3 aromatic heterocycles. The molecule has 4 aromatic rings. The van der Waals surface area contributed by atoms with E-state index in [4.69, 9.17) is 9.47 Å². The quantitative estimate of drug-likeness (QED) is 0.167. The molecule has 1 amide bonds. The average Bonchev–Trinajstić information content (AvgIpc) is 3.65. The van der Waals surface area contributed by atoms with Gasteiger partial charge in [0.1, 0.15) is 32.0 Å². The third-order valence-electron chi connectivity index (χ3n) is 7.51. The van der Waals surface area contributed by atoms with E-state index in [0.717, 1.165) is 40.5 Å². The van der Waals surface area contributed by atoms with Crippen LogP contribution in [0.15, 0.2) is 61.3 Å². The predicted molar refractivity (Wildman–Crippen MR) is 163 cm³/mol. The lowest BCUT2D eigenvalue weighted by Gasteiger charge is -2.35. The molecule has 0 saturated carbocycles. The fraction of sp³-hybridized carbons (Fsp3) is 0.467. The number of alkyl halides is 1. The van der Waals surface area contributed by atoms with Gasteiger partial charge in [0.2, 0.25) is 0 Å². The van der Waals surface area contributed by atoms with Crippen LogP contribution in [-0.4, -0.2) is 94.3 Å². The summed E-state index contributed by atoms with van der Waals surface area (Å²) in [5.74, 6) is 0. The maximum absolute atomic E-state index is 14.2. The summed E-state index contributed by atoms with van der Waals surface area (Å²) in [7, 11) is -1.15. The van der Waals surface area contributed by atoms with Crippen molar-refractivity contribution in [2.75, 3.05) is 46.0 Å². The number of fused-ring (bicyclic) bond motifs is 1. The summed E-state index contributed by atoms with van der Waals surface area (Å²) in [5, 5.41) is 5.40. The summed E-state index contributed by atoms with van der Waals surface area (Å²) in [4.78, 5) is 25.4. The van der Waals surface area contributed by atoms with Gasteiger partial charge in [-0.25, -0.2) is 19.2 Å². The molecular weight excluding hydrogens is 553 g/mol. The van der Waals surface area contributed by atoms with E-state index in [1.165, 1.54) is 0 Å². The van der Waals surface area contributed by atoms with E-state index in [1.54, 1.807) is 22.1 Å². The second-order valence-electron chi connectivity index (χ2n) is 11.9. The lowest BCUT2D eigenvalue weighted by atomic mass is 10.2. The van der Waals surface area contributed by atoms with E-state index < -0.39 is 20.8 Å². The average molecular weight is 594 g/mol. The molecule has 1 unspecified atom stereocenters. The van der Waals surface area contributed by atoms with Crippen molar-refractivity contribution in [1.82, 2.24) is 34.1 Å². The number of hydrogen-bond acceptors (Lipinski definition) is 7. The highest BCUT2D eigenvalue weighted by atomic mass is 28.3. The first-order valence-corrected chi connectivity index (χ1v) is 18.2. The molecular formula is C30H40FN7O3Si. The molecule has 1 atom stereocenters. The zero-order valence-corrected chi connectivity index (χ0v) is 25.7. The highest BCUT2D eigenvalue weighted by molar-refractivity contribution is 6.76. The Morgan fingerprint density at radius 1 is 1.07 bits per heavy atom. The van der Waals surface area contributed by atoms with Crippen LogP contribution in [0.1, 0.15) is 11.6 Å². The highest BCUT2D eigenvalue weighted by Crippen LogP contribution is 2.27. The maximum atomic E-state index is 14.2. The van der Waals surface area contributed by atoms with Crippen LogP contribution in [0.25, 0.3) is 22.3 Å².